The SMILES string of the molecule is CNC(=O)C1CCCN(c2cc(OC)ccc2N)C1. The van der Waals surface area contributed by atoms with Gasteiger partial charge in [0.2, 0.25) is 5.91 Å². The van der Waals surface area contributed by atoms with E-state index in [1.54, 1.807) is 14.2 Å². The highest BCUT2D eigenvalue weighted by molar-refractivity contribution is 5.80. The number of nitrogens with zero attached hydrogens (tertiary/aromatic N) is 1. The predicted octanol–water partition coefficient (Wildman–Crippen LogP) is 1.24. The normalized spacial score (nSPS) is 19.1. The van der Waals surface area contributed by atoms with E-state index in [-0.39, 0.29) is 11.8 Å². The molecular weight excluding hydrogens is 242 g/mol. The van der Waals surface area contributed by atoms with Crippen LogP contribution in [0.4, 0.5) is 11.4 Å². The Morgan fingerprint density at radius 1 is 1.53 bits per heavy atom. The fourth-order valence-corrected chi connectivity index (χ4v) is 2.54. The van der Waals surface area contributed by atoms with Crippen LogP contribution in [0.3, 0.4) is 0 Å². The molecule has 1 atom stereocenters. The van der Waals surface area contributed by atoms with Gasteiger partial charge in [0.25, 0.3) is 0 Å². The van der Waals surface area contributed by atoms with Gasteiger partial charge in [0, 0.05) is 26.2 Å². The van der Waals surface area contributed by atoms with E-state index in [9.17, 15) is 4.79 Å². The van der Waals surface area contributed by atoms with E-state index in [2.05, 4.69) is 10.2 Å². The van der Waals surface area contributed by atoms with E-state index in [4.69, 9.17) is 10.5 Å². The molecule has 0 aromatic heterocycles. The lowest BCUT2D eigenvalue weighted by Crippen LogP contribution is -2.42. The molecule has 104 valence electrons. The number of hydrogen-bond acceptors (Lipinski definition) is 4. The molecule has 1 aliphatic heterocycles. The van der Waals surface area contributed by atoms with Crippen LogP contribution in [0.2, 0.25) is 0 Å². The summed E-state index contributed by atoms with van der Waals surface area (Å²) in [7, 11) is 3.32. The van der Waals surface area contributed by atoms with Gasteiger partial charge in [-0.25, -0.2) is 0 Å². The lowest BCUT2D eigenvalue weighted by atomic mass is 9.96. The molecule has 1 aromatic rings. The molecular formula is C14H21N3O2. The Morgan fingerprint density at radius 3 is 3.00 bits per heavy atom. The number of nitrogens with two attached hydrogens (primary N) is 1. The fourth-order valence-electron chi connectivity index (χ4n) is 2.54. The molecule has 1 aromatic carbocycles. The molecule has 2 rings (SSSR count). The average Bonchev–Trinajstić information content (AvgIpc) is 2.47. The van der Waals surface area contributed by atoms with E-state index in [1.807, 2.05) is 18.2 Å². The lowest BCUT2D eigenvalue weighted by molar-refractivity contribution is -0.124. The maximum atomic E-state index is 11.8. The summed E-state index contributed by atoms with van der Waals surface area (Å²) >= 11 is 0. The van der Waals surface area contributed by atoms with Gasteiger partial charge in [-0.05, 0) is 25.0 Å². The van der Waals surface area contributed by atoms with Crippen molar-refractivity contribution in [3.63, 3.8) is 0 Å². The van der Waals surface area contributed by atoms with Gasteiger partial charge in [-0.1, -0.05) is 0 Å². The molecule has 1 fully saturated rings. The van der Waals surface area contributed by atoms with Crippen molar-refractivity contribution < 1.29 is 9.53 Å². The highest BCUT2D eigenvalue weighted by atomic mass is 16.5. The van der Waals surface area contributed by atoms with Crippen molar-refractivity contribution >= 4 is 17.3 Å². The standard InChI is InChI=1S/C14H21N3O2/c1-16-14(18)10-4-3-7-17(9-10)13-8-11(19-2)5-6-12(13)15/h5-6,8,10H,3-4,7,9,15H2,1-2H3,(H,16,18). The van der Waals surface area contributed by atoms with Crippen molar-refractivity contribution in [2.45, 2.75) is 12.8 Å². The van der Waals surface area contributed by atoms with Crippen LogP contribution in [0, 0.1) is 5.92 Å². The molecule has 0 saturated carbocycles. The van der Waals surface area contributed by atoms with E-state index >= 15 is 0 Å². The van der Waals surface area contributed by atoms with Crippen molar-refractivity contribution in [1.29, 1.82) is 0 Å². The number of carbonyl (C=O) groups is 1. The minimum absolute atomic E-state index is 0.0318. The largest absolute Gasteiger partial charge is 0.497 e. The van der Waals surface area contributed by atoms with Crippen molar-refractivity contribution in [3.8, 4) is 5.75 Å². The first kappa shape index (κ1) is 13.5. The van der Waals surface area contributed by atoms with Crippen LogP contribution in [0.5, 0.6) is 5.75 Å². The first-order chi connectivity index (χ1) is 9.15. The molecule has 0 bridgehead atoms. The van der Waals surface area contributed by atoms with E-state index in [0.717, 1.165) is 36.5 Å². The third-order valence-corrected chi connectivity index (χ3v) is 3.62. The van der Waals surface area contributed by atoms with Crippen LogP contribution in [0.25, 0.3) is 0 Å². The number of benzene rings is 1. The van der Waals surface area contributed by atoms with Crippen LogP contribution >= 0.6 is 0 Å². The molecule has 3 N–H and O–H groups in total. The Balaban J connectivity index is 2.19. The molecule has 1 aliphatic rings. The molecule has 5 nitrogen and oxygen atoms in total. The molecule has 0 aliphatic carbocycles. The maximum Gasteiger partial charge on any atom is 0.224 e. The highest BCUT2D eigenvalue weighted by Gasteiger charge is 2.26. The van der Waals surface area contributed by atoms with Gasteiger partial charge in [-0.2, -0.15) is 0 Å². The van der Waals surface area contributed by atoms with Crippen molar-refractivity contribution in [3.05, 3.63) is 18.2 Å². The highest BCUT2D eigenvalue weighted by Crippen LogP contribution is 2.31. The summed E-state index contributed by atoms with van der Waals surface area (Å²) in [6.07, 6.45) is 1.93. The molecule has 5 heteroatoms. The van der Waals surface area contributed by atoms with Crippen LogP contribution in [0.1, 0.15) is 12.8 Å². The molecule has 0 spiro atoms. The summed E-state index contributed by atoms with van der Waals surface area (Å²) in [4.78, 5) is 13.9. The maximum absolute atomic E-state index is 11.8. The number of methoxy groups -OCH3 is 1. The van der Waals surface area contributed by atoms with Crippen LogP contribution in [-0.4, -0.2) is 33.2 Å². The number of nitrogens with one attached hydrogen (secondary N) is 1. The third-order valence-electron chi connectivity index (χ3n) is 3.62. The summed E-state index contributed by atoms with van der Waals surface area (Å²) in [5, 5.41) is 2.72. The molecule has 1 heterocycles. The van der Waals surface area contributed by atoms with Gasteiger partial charge in [-0.15, -0.1) is 0 Å². The van der Waals surface area contributed by atoms with E-state index < -0.39 is 0 Å². The predicted molar refractivity (Wildman–Crippen MR) is 76.4 cm³/mol. The molecule has 1 saturated heterocycles. The zero-order valence-corrected chi connectivity index (χ0v) is 11.5. The minimum Gasteiger partial charge on any atom is -0.497 e. The van der Waals surface area contributed by atoms with E-state index in [1.165, 1.54) is 0 Å². The van der Waals surface area contributed by atoms with Crippen molar-refractivity contribution in [1.82, 2.24) is 5.32 Å². The Labute approximate surface area is 113 Å². The summed E-state index contributed by atoms with van der Waals surface area (Å²) in [5.74, 6) is 0.918. The number of anilines is 2. The number of nitrogen functional groups attached to an aromatic ring is 1. The van der Waals surface area contributed by atoms with Gasteiger partial charge in [0.1, 0.15) is 5.75 Å². The summed E-state index contributed by atoms with van der Waals surface area (Å²) in [5.41, 5.74) is 7.70. The first-order valence-corrected chi connectivity index (χ1v) is 6.55. The molecule has 1 amide bonds. The summed E-state index contributed by atoms with van der Waals surface area (Å²) < 4.78 is 5.23. The van der Waals surface area contributed by atoms with Gasteiger partial charge in [0.05, 0.1) is 24.4 Å². The van der Waals surface area contributed by atoms with Crippen molar-refractivity contribution in [2.75, 3.05) is 37.9 Å². The zero-order valence-electron chi connectivity index (χ0n) is 11.5. The Kier molecular flexibility index (Phi) is 4.14. The van der Waals surface area contributed by atoms with Gasteiger partial charge in [0.15, 0.2) is 0 Å². The zero-order chi connectivity index (χ0) is 13.8. The quantitative estimate of drug-likeness (QED) is 0.805. The number of amides is 1. The molecule has 1 unspecified atom stereocenters. The van der Waals surface area contributed by atoms with Gasteiger partial charge >= 0.3 is 0 Å². The minimum atomic E-state index is 0.0318. The van der Waals surface area contributed by atoms with Crippen LogP contribution in [0.15, 0.2) is 18.2 Å². The average molecular weight is 263 g/mol. The molecule has 19 heavy (non-hydrogen) atoms. The van der Waals surface area contributed by atoms with Crippen LogP contribution < -0.4 is 20.7 Å². The van der Waals surface area contributed by atoms with Crippen LogP contribution in [-0.2, 0) is 4.79 Å². The number of ether oxygens (including phenoxy) is 1. The number of rotatable bonds is 3. The number of piperidine rings is 1. The lowest BCUT2D eigenvalue weighted by Gasteiger charge is -2.34. The Hall–Kier alpha value is -1.91. The summed E-state index contributed by atoms with van der Waals surface area (Å²) in [6, 6.07) is 5.62. The fraction of sp³-hybridized carbons (Fsp3) is 0.500. The Morgan fingerprint density at radius 2 is 2.32 bits per heavy atom. The topological polar surface area (TPSA) is 67.6 Å². The second kappa shape index (κ2) is 5.82. The van der Waals surface area contributed by atoms with E-state index in [0.29, 0.717) is 6.54 Å². The Bertz CT molecular complexity index is 462. The van der Waals surface area contributed by atoms with Crippen molar-refractivity contribution in [2.24, 2.45) is 5.92 Å². The second-order valence-electron chi connectivity index (χ2n) is 4.82. The van der Waals surface area contributed by atoms with Gasteiger partial charge < -0.3 is 20.7 Å². The first-order valence-electron chi connectivity index (χ1n) is 6.55. The number of carbonyl (C=O) groups excluding carboxylic acids is 1. The third kappa shape index (κ3) is 2.92. The monoisotopic (exact) mass is 263 g/mol. The smallest absolute Gasteiger partial charge is 0.224 e. The second-order valence-corrected chi connectivity index (χ2v) is 4.82. The molecule has 0 radical (unpaired) electrons. The summed E-state index contributed by atoms with van der Waals surface area (Å²) in [6.45, 7) is 1.63. The van der Waals surface area contributed by atoms with Gasteiger partial charge in [-0.3, -0.25) is 4.79 Å². The number of hydrogen-bond donors (Lipinski definition) is 2.